The molecular weight excluding hydrogens is 249 g/mol. The van der Waals surface area contributed by atoms with E-state index < -0.39 is 48.5 Å². The molecule has 18 heavy (non-hydrogen) atoms. The first-order valence-corrected chi connectivity index (χ1v) is 5.12. The van der Waals surface area contributed by atoms with Crippen molar-refractivity contribution < 1.29 is 24.4 Å². The van der Waals surface area contributed by atoms with Crippen molar-refractivity contribution >= 4 is 5.82 Å². The van der Waals surface area contributed by atoms with Crippen molar-refractivity contribution in [3.05, 3.63) is 22.5 Å². The molecule has 0 amide bonds. The number of nitrogen functional groups attached to an aromatic ring is 1. The molecule has 8 nitrogen and oxygen atoms in total. The molecular formula is C9H12FN3O5. The van der Waals surface area contributed by atoms with Crippen LogP contribution in [0.3, 0.4) is 0 Å². The zero-order valence-corrected chi connectivity index (χ0v) is 9.10. The van der Waals surface area contributed by atoms with Gasteiger partial charge in [0.05, 0.1) is 12.8 Å². The second kappa shape index (κ2) is 4.61. The lowest BCUT2D eigenvalue weighted by molar-refractivity contribution is -0.0553. The minimum Gasteiger partial charge on any atom is -0.394 e. The van der Waals surface area contributed by atoms with E-state index in [2.05, 4.69) is 4.98 Å². The molecule has 1 aliphatic heterocycles. The number of halogens is 1. The Morgan fingerprint density at radius 2 is 2.17 bits per heavy atom. The van der Waals surface area contributed by atoms with Crippen molar-refractivity contribution in [2.24, 2.45) is 0 Å². The summed E-state index contributed by atoms with van der Waals surface area (Å²) in [5, 5.41) is 28.1. The van der Waals surface area contributed by atoms with E-state index in [1.807, 2.05) is 0 Å². The average Bonchev–Trinajstić information content (AvgIpc) is 2.61. The first-order chi connectivity index (χ1) is 8.45. The summed E-state index contributed by atoms with van der Waals surface area (Å²) in [5.74, 6) is -1.52. The third-order valence-corrected chi connectivity index (χ3v) is 2.73. The van der Waals surface area contributed by atoms with Crippen LogP contribution < -0.4 is 11.4 Å². The summed E-state index contributed by atoms with van der Waals surface area (Å²) >= 11 is 0. The van der Waals surface area contributed by atoms with Crippen LogP contribution in [0.1, 0.15) is 6.23 Å². The predicted octanol–water partition coefficient (Wildman–Crippen LogP) is -2.42. The van der Waals surface area contributed by atoms with Gasteiger partial charge in [-0.1, -0.05) is 0 Å². The number of aliphatic hydroxyl groups is 3. The number of aromatic nitrogens is 2. The van der Waals surface area contributed by atoms with E-state index in [0.29, 0.717) is 4.57 Å². The van der Waals surface area contributed by atoms with Crippen molar-refractivity contribution in [3.63, 3.8) is 0 Å². The molecule has 0 saturated carbocycles. The van der Waals surface area contributed by atoms with E-state index in [4.69, 9.17) is 15.6 Å². The molecule has 1 aliphatic rings. The Morgan fingerprint density at radius 3 is 2.72 bits per heavy atom. The van der Waals surface area contributed by atoms with Crippen molar-refractivity contribution in [3.8, 4) is 0 Å². The molecule has 5 N–H and O–H groups in total. The molecule has 1 aromatic rings. The highest BCUT2D eigenvalue weighted by molar-refractivity contribution is 5.26. The number of aliphatic hydroxyl groups excluding tert-OH is 3. The first kappa shape index (κ1) is 12.9. The first-order valence-electron chi connectivity index (χ1n) is 5.12. The summed E-state index contributed by atoms with van der Waals surface area (Å²) in [6.45, 7) is -0.547. The predicted molar refractivity (Wildman–Crippen MR) is 55.9 cm³/mol. The van der Waals surface area contributed by atoms with Crippen LogP contribution >= 0.6 is 0 Å². The van der Waals surface area contributed by atoms with Gasteiger partial charge in [0.1, 0.15) is 18.3 Å². The lowest BCUT2D eigenvalue weighted by Gasteiger charge is -2.17. The summed E-state index contributed by atoms with van der Waals surface area (Å²) in [6, 6.07) is 0. The van der Waals surface area contributed by atoms with Gasteiger partial charge in [-0.15, -0.1) is 0 Å². The third-order valence-electron chi connectivity index (χ3n) is 2.73. The summed E-state index contributed by atoms with van der Waals surface area (Å²) < 4.78 is 19.0. The maximum absolute atomic E-state index is 13.2. The van der Waals surface area contributed by atoms with Gasteiger partial charge in [0.2, 0.25) is 0 Å². The van der Waals surface area contributed by atoms with E-state index in [9.17, 15) is 19.4 Å². The zero-order valence-electron chi connectivity index (χ0n) is 9.10. The van der Waals surface area contributed by atoms with Crippen LogP contribution in [-0.2, 0) is 4.74 Å². The molecule has 0 spiro atoms. The number of ether oxygens (including phenoxy) is 1. The largest absolute Gasteiger partial charge is 0.394 e. The maximum atomic E-state index is 13.2. The van der Waals surface area contributed by atoms with Crippen LogP contribution in [0.15, 0.2) is 11.0 Å². The van der Waals surface area contributed by atoms with Crippen LogP contribution in [0.5, 0.6) is 0 Å². The average molecular weight is 261 g/mol. The van der Waals surface area contributed by atoms with E-state index in [1.54, 1.807) is 0 Å². The van der Waals surface area contributed by atoms with E-state index in [1.165, 1.54) is 0 Å². The van der Waals surface area contributed by atoms with Gasteiger partial charge < -0.3 is 25.8 Å². The molecule has 0 bridgehead atoms. The number of nitrogens with zero attached hydrogens (tertiary/aromatic N) is 2. The smallest absolute Gasteiger partial charge is 0.351 e. The Bertz CT molecular complexity index is 507. The zero-order chi connectivity index (χ0) is 13.4. The Labute approximate surface area is 100 Å². The lowest BCUT2D eigenvalue weighted by Crippen LogP contribution is -2.36. The Balaban J connectivity index is 2.39. The topological polar surface area (TPSA) is 131 Å². The second-order valence-corrected chi connectivity index (χ2v) is 3.89. The molecule has 9 heteroatoms. The fourth-order valence-corrected chi connectivity index (χ4v) is 1.75. The summed E-state index contributed by atoms with van der Waals surface area (Å²) in [5.41, 5.74) is 4.18. The number of anilines is 1. The minimum atomic E-state index is -1.48. The Kier molecular flexibility index (Phi) is 3.30. The summed E-state index contributed by atoms with van der Waals surface area (Å²) in [6.07, 6.45) is -4.52. The van der Waals surface area contributed by atoms with Crippen LogP contribution in [0.2, 0.25) is 0 Å². The molecule has 4 atom stereocenters. The number of hydrogen-bond acceptors (Lipinski definition) is 7. The van der Waals surface area contributed by atoms with E-state index >= 15 is 0 Å². The Morgan fingerprint density at radius 1 is 1.50 bits per heavy atom. The van der Waals surface area contributed by atoms with Gasteiger partial charge in [-0.25, -0.2) is 9.18 Å². The minimum absolute atomic E-state index is 0.547. The number of nitrogens with two attached hydrogens (primary N) is 1. The quantitative estimate of drug-likeness (QED) is 0.465. The molecule has 100 valence electrons. The Hall–Kier alpha value is -1.55. The highest BCUT2D eigenvalue weighted by Gasteiger charge is 2.43. The molecule has 2 heterocycles. The summed E-state index contributed by atoms with van der Waals surface area (Å²) in [7, 11) is 0. The van der Waals surface area contributed by atoms with Crippen molar-refractivity contribution in [1.82, 2.24) is 9.55 Å². The summed E-state index contributed by atoms with van der Waals surface area (Å²) in [4.78, 5) is 14.7. The van der Waals surface area contributed by atoms with E-state index in [-0.39, 0.29) is 0 Å². The monoisotopic (exact) mass is 261 g/mol. The molecule has 0 unspecified atom stereocenters. The van der Waals surface area contributed by atoms with Gasteiger partial charge in [-0.3, -0.25) is 4.57 Å². The molecule has 1 aromatic heterocycles. The van der Waals surface area contributed by atoms with E-state index in [0.717, 1.165) is 6.20 Å². The molecule has 1 saturated heterocycles. The standard InChI is InChI=1S/C9H12FN3O5/c10-3-1-13(9(17)12-7(3)11)8-6(16)5(15)4(2-14)18-8/h1,4-6,8,14-16H,2H2,(H2,11,12,17)/t4-,5+,6+,8+/m1/s1. The van der Waals surface area contributed by atoms with Gasteiger partial charge in [0.25, 0.3) is 0 Å². The van der Waals surface area contributed by atoms with Crippen LogP contribution in [0.4, 0.5) is 10.2 Å². The van der Waals surface area contributed by atoms with Gasteiger partial charge in [-0.2, -0.15) is 4.98 Å². The molecule has 0 aliphatic carbocycles. The number of hydrogen-bond donors (Lipinski definition) is 4. The van der Waals surface area contributed by atoms with Crippen LogP contribution in [0, 0.1) is 5.82 Å². The lowest BCUT2D eigenvalue weighted by atomic mass is 10.1. The second-order valence-electron chi connectivity index (χ2n) is 3.89. The van der Waals surface area contributed by atoms with Gasteiger partial charge >= 0.3 is 5.69 Å². The van der Waals surface area contributed by atoms with Gasteiger partial charge in [0.15, 0.2) is 17.9 Å². The van der Waals surface area contributed by atoms with Crippen molar-refractivity contribution in [2.75, 3.05) is 12.3 Å². The highest BCUT2D eigenvalue weighted by Crippen LogP contribution is 2.28. The molecule has 1 fully saturated rings. The van der Waals surface area contributed by atoms with Crippen LogP contribution in [0.25, 0.3) is 0 Å². The fraction of sp³-hybridized carbons (Fsp3) is 0.556. The van der Waals surface area contributed by atoms with Gasteiger partial charge in [0, 0.05) is 0 Å². The normalized spacial score (nSPS) is 31.8. The highest BCUT2D eigenvalue weighted by atomic mass is 19.1. The molecule has 0 aromatic carbocycles. The third kappa shape index (κ3) is 1.97. The maximum Gasteiger partial charge on any atom is 0.351 e. The number of rotatable bonds is 2. The van der Waals surface area contributed by atoms with Crippen molar-refractivity contribution in [1.29, 1.82) is 0 Å². The van der Waals surface area contributed by atoms with Gasteiger partial charge in [-0.05, 0) is 0 Å². The van der Waals surface area contributed by atoms with Crippen molar-refractivity contribution in [2.45, 2.75) is 24.5 Å². The SMILES string of the molecule is Nc1nc(=O)n([C@H]2O[C@H](CO)[C@H](O)[C@@H]2O)cc1F. The molecule has 0 radical (unpaired) electrons. The fourth-order valence-electron chi connectivity index (χ4n) is 1.75. The van der Waals surface area contributed by atoms with Crippen LogP contribution in [-0.4, -0.2) is 49.8 Å². The molecule has 2 rings (SSSR count).